The number of nitrogens with two attached hydrogens (primary N) is 1. The van der Waals surface area contributed by atoms with Crippen molar-refractivity contribution in [2.75, 3.05) is 0 Å². The molecule has 1 aromatic rings. The summed E-state index contributed by atoms with van der Waals surface area (Å²) in [5.41, 5.74) is 9.28. The third kappa shape index (κ3) is 6.37. The third-order valence-corrected chi connectivity index (χ3v) is 2.49. The van der Waals surface area contributed by atoms with Gasteiger partial charge in [0.15, 0.2) is 0 Å². The molecule has 1 unspecified atom stereocenters. The van der Waals surface area contributed by atoms with Gasteiger partial charge in [-0.25, -0.2) is 5.48 Å². The maximum Gasteiger partial charge on any atom is 0.245 e. The van der Waals surface area contributed by atoms with Gasteiger partial charge in [-0.15, -0.1) is 0 Å². The van der Waals surface area contributed by atoms with Crippen molar-refractivity contribution >= 4 is 5.91 Å². The molecular formula is C14H22N2O2. The largest absolute Gasteiger partial charge is 0.327 e. The maximum absolute atomic E-state index is 11.5. The third-order valence-electron chi connectivity index (χ3n) is 2.49. The normalized spacial score (nSPS) is 12.4. The van der Waals surface area contributed by atoms with E-state index >= 15 is 0 Å². The fourth-order valence-electron chi connectivity index (χ4n) is 1.74. The second-order valence-electron chi connectivity index (χ2n) is 4.89. The van der Waals surface area contributed by atoms with Crippen molar-refractivity contribution in [1.82, 2.24) is 5.48 Å². The average Bonchev–Trinajstić information content (AvgIpc) is 2.29. The Morgan fingerprint density at radius 2 is 2.00 bits per heavy atom. The molecule has 0 saturated heterocycles. The minimum atomic E-state index is -0.168. The van der Waals surface area contributed by atoms with Gasteiger partial charge in [-0.3, -0.25) is 9.63 Å². The summed E-state index contributed by atoms with van der Waals surface area (Å²) in [5, 5.41) is 0. The second-order valence-corrected chi connectivity index (χ2v) is 4.89. The molecule has 100 valence electrons. The number of benzene rings is 1. The summed E-state index contributed by atoms with van der Waals surface area (Å²) in [6.45, 7) is 4.54. The molecule has 4 nitrogen and oxygen atoms in total. The molecule has 1 rings (SSSR count). The number of carbonyl (C=O) groups excluding carboxylic acids is 1. The first-order valence-electron chi connectivity index (χ1n) is 6.28. The molecule has 18 heavy (non-hydrogen) atoms. The van der Waals surface area contributed by atoms with E-state index in [0.717, 1.165) is 12.0 Å². The zero-order chi connectivity index (χ0) is 13.4. The molecular weight excluding hydrogens is 228 g/mol. The molecule has 3 N–H and O–H groups in total. The number of nitrogens with one attached hydrogen (secondary N) is 1. The molecule has 0 bridgehead atoms. The number of hydroxylamine groups is 1. The Balaban J connectivity index is 2.17. The first-order chi connectivity index (χ1) is 8.58. The Labute approximate surface area is 108 Å². The standard InChI is InChI=1S/C14H22N2O2/c1-11(2)8-13(15)9-14(17)16-18-10-12-6-4-3-5-7-12/h3-7,11,13H,8-10,15H2,1-2H3,(H,16,17). The first-order valence-corrected chi connectivity index (χ1v) is 6.28. The highest BCUT2D eigenvalue weighted by Gasteiger charge is 2.11. The summed E-state index contributed by atoms with van der Waals surface area (Å²) in [6.07, 6.45) is 1.14. The zero-order valence-corrected chi connectivity index (χ0v) is 11.1. The van der Waals surface area contributed by atoms with Crippen molar-refractivity contribution < 1.29 is 9.63 Å². The van der Waals surface area contributed by atoms with Crippen molar-refractivity contribution in [3.63, 3.8) is 0 Å². The van der Waals surface area contributed by atoms with Gasteiger partial charge in [0.2, 0.25) is 5.91 Å². The number of rotatable bonds is 7. The van der Waals surface area contributed by atoms with Crippen molar-refractivity contribution in [1.29, 1.82) is 0 Å². The van der Waals surface area contributed by atoms with Gasteiger partial charge in [-0.05, 0) is 17.9 Å². The molecule has 4 heteroatoms. The Hall–Kier alpha value is -1.39. The summed E-state index contributed by atoms with van der Waals surface area (Å²) >= 11 is 0. The molecule has 0 aliphatic heterocycles. The lowest BCUT2D eigenvalue weighted by Crippen LogP contribution is -2.32. The van der Waals surface area contributed by atoms with E-state index < -0.39 is 0 Å². The van der Waals surface area contributed by atoms with E-state index in [1.54, 1.807) is 0 Å². The van der Waals surface area contributed by atoms with Crippen LogP contribution in [-0.2, 0) is 16.2 Å². The number of hydrogen-bond donors (Lipinski definition) is 2. The predicted octanol–water partition coefficient (Wildman–Crippen LogP) is 2.00. The summed E-state index contributed by atoms with van der Waals surface area (Å²) < 4.78 is 0. The van der Waals surface area contributed by atoms with E-state index in [-0.39, 0.29) is 11.9 Å². The zero-order valence-electron chi connectivity index (χ0n) is 11.1. The van der Waals surface area contributed by atoms with Gasteiger partial charge in [-0.2, -0.15) is 0 Å². The smallest absolute Gasteiger partial charge is 0.245 e. The SMILES string of the molecule is CC(C)CC(N)CC(=O)NOCc1ccccc1. The lowest BCUT2D eigenvalue weighted by Gasteiger charge is -2.13. The van der Waals surface area contributed by atoms with Crippen LogP contribution in [-0.4, -0.2) is 11.9 Å². The van der Waals surface area contributed by atoms with Crippen LogP contribution < -0.4 is 11.2 Å². The molecule has 1 aromatic carbocycles. The molecule has 0 aliphatic carbocycles. The number of hydrogen-bond acceptors (Lipinski definition) is 3. The van der Waals surface area contributed by atoms with E-state index in [0.29, 0.717) is 18.9 Å². The van der Waals surface area contributed by atoms with Gasteiger partial charge in [-0.1, -0.05) is 44.2 Å². The predicted molar refractivity (Wildman–Crippen MR) is 71.4 cm³/mol. The van der Waals surface area contributed by atoms with Crippen molar-refractivity contribution in [3.05, 3.63) is 35.9 Å². The summed E-state index contributed by atoms with van der Waals surface area (Å²) in [5.74, 6) is 0.331. The minimum Gasteiger partial charge on any atom is -0.327 e. The van der Waals surface area contributed by atoms with E-state index in [1.165, 1.54) is 0 Å². The Morgan fingerprint density at radius 1 is 1.33 bits per heavy atom. The van der Waals surface area contributed by atoms with Crippen LogP contribution in [0, 0.1) is 5.92 Å². The van der Waals surface area contributed by atoms with Crippen LogP contribution in [0.1, 0.15) is 32.3 Å². The van der Waals surface area contributed by atoms with Crippen molar-refractivity contribution in [3.8, 4) is 0 Å². The van der Waals surface area contributed by atoms with Gasteiger partial charge < -0.3 is 5.73 Å². The van der Waals surface area contributed by atoms with Crippen LogP contribution >= 0.6 is 0 Å². The molecule has 1 atom stereocenters. The van der Waals surface area contributed by atoms with Gasteiger partial charge >= 0.3 is 0 Å². The fourth-order valence-corrected chi connectivity index (χ4v) is 1.74. The van der Waals surface area contributed by atoms with Crippen LogP contribution in [0.2, 0.25) is 0 Å². The van der Waals surface area contributed by atoms with Crippen LogP contribution in [0.5, 0.6) is 0 Å². The van der Waals surface area contributed by atoms with E-state index in [2.05, 4.69) is 19.3 Å². The van der Waals surface area contributed by atoms with E-state index in [9.17, 15) is 4.79 Å². The van der Waals surface area contributed by atoms with Crippen LogP contribution in [0.25, 0.3) is 0 Å². The van der Waals surface area contributed by atoms with Gasteiger partial charge in [0.05, 0.1) is 6.61 Å². The average molecular weight is 250 g/mol. The minimum absolute atomic E-state index is 0.106. The maximum atomic E-state index is 11.5. The lowest BCUT2D eigenvalue weighted by molar-refractivity contribution is -0.135. The molecule has 0 spiro atoms. The highest BCUT2D eigenvalue weighted by Crippen LogP contribution is 2.05. The Kier molecular flexibility index (Phi) is 6.39. The number of amides is 1. The van der Waals surface area contributed by atoms with Crippen LogP contribution in [0.3, 0.4) is 0 Å². The van der Waals surface area contributed by atoms with Crippen LogP contribution in [0.15, 0.2) is 30.3 Å². The van der Waals surface area contributed by atoms with Gasteiger partial charge in [0, 0.05) is 12.5 Å². The summed E-state index contributed by atoms with van der Waals surface area (Å²) in [4.78, 5) is 16.6. The van der Waals surface area contributed by atoms with E-state index in [4.69, 9.17) is 10.6 Å². The second kappa shape index (κ2) is 7.84. The van der Waals surface area contributed by atoms with Gasteiger partial charge in [0.1, 0.15) is 0 Å². The molecule has 0 heterocycles. The molecule has 1 amide bonds. The molecule has 0 radical (unpaired) electrons. The van der Waals surface area contributed by atoms with Crippen molar-refractivity contribution in [2.24, 2.45) is 11.7 Å². The van der Waals surface area contributed by atoms with Crippen molar-refractivity contribution in [2.45, 2.75) is 39.3 Å². The quantitative estimate of drug-likeness (QED) is 0.727. The monoisotopic (exact) mass is 250 g/mol. The summed E-state index contributed by atoms with van der Waals surface area (Å²) in [7, 11) is 0. The Morgan fingerprint density at radius 3 is 2.61 bits per heavy atom. The molecule has 0 aliphatic rings. The van der Waals surface area contributed by atoms with Gasteiger partial charge in [0.25, 0.3) is 0 Å². The Bertz CT molecular complexity index is 352. The van der Waals surface area contributed by atoms with Crippen LogP contribution in [0.4, 0.5) is 0 Å². The molecule has 0 saturated carbocycles. The number of carbonyl (C=O) groups is 1. The first kappa shape index (κ1) is 14.7. The topological polar surface area (TPSA) is 64.4 Å². The molecule has 0 fully saturated rings. The van der Waals surface area contributed by atoms with E-state index in [1.807, 2.05) is 30.3 Å². The highest BCUT2D eigenvalue weighted by atomic mass is 16.6. The molecule has 0 aromatic heterocycles. The lowest BCUT2D eigenvalue weighted by atomic mass is 10.0. The summed E-state index contributed by atoms with van der Waals surface area (Å²) in [6, 6.07) is 9.57. The fraction of sp³-hybridized carbons (Fsp3) is 0.500. The highest BCUT2D eigenvalue weighted by molar-refractivity contribution is 5.75.